The molecule has 0 saturated heterocycles. The Morgan fingerprint density at radius 3 is 2.29 bits per heavy atom. The predicted octanol–water partition coefficient (Wildman–Crippen LogP) is 3.53. The van der Waals surface area contributed by atoms with Crippen molar-refractivity contribution in [1.82, 2.24) is 8.69 Å². The standard InChI is InChI=1S/C25H22N2O5S2/c1-19-10-13-22(14-11-19)33(28,29)26-16-6-7-20-18-27(25-15-12-21(32-2)17-24(20)25)34(30,31)23-8-4-3-5-9-23/h3-5,8-15,17-18,26H,16H2,1-2H3. The minimum atomic E-state index is -3.86. The maximum Gasteiger partial charge on any atom is 0.268 e. The summed E-state index contributed by atoms with van der Waals surface area (Å²) in [6.07, 6.45) is 1.44. The zero-order chi connectivity index (χ0) is 24.3. The molecule has 0 amide bonds. The highest BCUT2D eigenvalue weighted by atomic mass is 32.2. The van der Waals surface area contributed by atoms with Gasteiger partial charge in [0.05, 0.1) is 34.5 Å². The number of hydrogen-bond donors (Lipinski definition) is 1. The second kappa shape index (κ2) is 9.35. The van der Waals surface area contributed by atoms with Gasteiger partial charge in [-0.3, -0.25) is 0 Å². The van der Waals surface area contributed by atoms with Gasteiger partial charge in [0.2, 0.25) is 10.0 Å². The number of hydrogen-bond acceptors (Lipinski definition) is 5. The van der Waals surface area contributed by atoms with Gasteiger partial charge < -0.3 is 4.74 Å². The molecule has 1 heterocycles. The van der Waals surface area contributed by atoms with E-state index in [9.17, 15) is 16.8 Å². The number of nitrogens with zero attached hydrogens (tertiary/aromatic N) is 1. The number of sulfonamides is 1. The lowest BCUT2D eigenvalue weighted by molar-refractivity contribution is 0.415. The predicted molar refractivity (Wildman–Crippen MR) is 131 cm³/mol. The van der Waals surface area contributed by atoms with Crippen molar-refractivity contribution in [3.63, 3.8) is 0 Å². The van der Waals surface area contributed by atoms with E-state index in [1.165, 1.54) is 41.5 Å². The lowest BCUT2D eigenvalue weighted by Crippen LogP contribution is -2.23. The molecule has 4 aromatic rings. The Balaban J connectivity index is 1.68. The van der Waals surface area contributed by atoms with Crippen LogP contribution in [0.5, 0.6) is 5.75 Å². The number of aryl methyl sites for hydroxylation is 1. The molecule has 4 rings (SSSR count). The third kappa shape index (κ3) is 4.70. The second-order valence-electron chi connectivity index (χ2n) is 7.48. The van der Waals surface area contributed by atoms with E-state index in [1.807, 2.05) is 6.92 Å². The van der Waals surface area contributed by atoms with Crippen LogP contribution in [0.4, 0.5) is 0 Å². The fourth-order valence-corrected chi connectivity index (χ4v) is 5.70. The average molecular weight is 495 g/mol. The molecule has 0 aliphatic rings. The quantitative estimate of drug-likeness (QED) is 0.414. The van der Waals surface area contributed by atoms with Crippen molar-refractivity contribution in [2.75, 3.05) is 13.7 Å². The number of nitrogens with one attached hydrogen (secondary N) is 1. The molecule has 0 unspecified atom stereocenters. The van der Waals surface area contributed by atoms with Crippen molar-refractivity contribution >= 4 is 30.9 Å². The fraction of sp³-hybridized carbons (Fsp3) is 0.120. The van der Waals surface area contributed by atoms with Gasteiger partial charge in [0, 0.05) is 11.6 Å². The first-order valence-corrected chi connectivity index (χ1v) is 13.2. The number of rotatable bonds is 6. The highest BCUT2D eigenvalue weighted by Crippen LogP contribution is 2.28. The van der Waals surface area contributed by atoms with Crippen LogP contribution in [0.2, 0.25) is 0 Å². The van der Waals surface area contributed by atoms with Crippen molar-refractivity contribution < 1.29 is 21.6 Å². The zero-order valence-electron chi connectivity index (χ0n) is 18.5. The first-order chi connectivity index (χ1) is 16.2. The largest absolute Gasteiger partial charge is 0.497 e. The van der Waals surface area contributed by atoms with Gasteiger partial charge >= 0.3 is 0 Å². The van der Waals surface area contributed by atoms with E-state index in [0.717, 1.165) is 5.56 Å². The van der Waals surface area contributed by atoms with Crippen molar-refractivity contribution in [2.24, 2.45) is 0 Å². The van der Waals surface area contributed by atoms with Gasteiger partial charge in [-0.1, -0.05) is 47.7 Å². The van der Waals surface area contributed by atoms with Crippen LogP contribution in [0.3, 0.4) is 0 Å². The molecule has 0 bridgehead atoms. The average Bonchev–Trinajstić information content (AvgIpc) is 3.21. The van der Waals surface area contributed by atoms with E-state index in [-0.39, 0.29) is 16.3 Å². The van der Waals surface area contributed by atoms with Crippen LogP contribution >= 0.6 is 0 Å². The van der Waals surface area contributed by atoms with E-state index < -0.39 is 20.0 Å². The Bertz CT molecular complexity index is 1610. The van der Waals surface area contributed by atoms with Crippen LogP contribution in [0, 0.1) is 18.8 Å². The summed E-state index contributed by atoms with van der Waals surface area (Å²) in [4.78, 5) is 0.295. The van der Waals surface area contributed by atoms with Gasteiger partial charge in [0.25, 0.3) is 10.0 Å². The first kappa shape index (κ1) is 23.6. The highest BCUT2D eigenvalue weighted by molar-refractivity contribution is 7.90. The van der Waals surface area contributed by atoms with E-state index in [1.54, 1.807) is 48.5 Å². The van der Waals surface area contributed by atoms with Crippen molar-refractivity contribution in [3.8, 4) is 17.6 Å². The Hall–Kier alpha value is -3.58. The van der Waals surface area contributed by atoms with Crippen LogP contribution < -0.4 is 9.46 Å². The van der Waals surface area contributed by atoms with E-state index >= 15 is 0 Å². The van der Waals surface area contributed by atoms with Crippen molar-refractivity contribution in [2.45, 2.75) is 16.7 Å². The lowest BCUT2D eigenvalue weighted by Gasteiger charge is -2.07. The summed E-state index contributed by atoms with van der Waals surface area (Å²) in [5.41, 5.74) is 1.83. The molecule has 0 spiro atoms. The molecule has 174 valence electrons. The van der Waals surface area contributed by atoms with Crippen LogP contribution in [0.1, 0.15) is 11.1 Å². The smallest absolute Gasteiger partial charge is 0.268 e. The zero-order valence-corrected chi connectivity index (χ0v) is 20.2. The number of aromatic nitrogens is 1. The maximum atomic E-state index is 13.2. The van der Waals surface area contributed by atoms with Crippen LogP contribution in [0.15, 0.2) is 88.8 Å². The van der Waals surface area contributed by atoms with Gasteiger partial charge in [0.1, 0.15) is 5.75 Å². The van der Waals surface area contributed by atoms with Gasteiger partial charge in [-0.25, -0.2) is 20.8 Å². The summed E-state index contributed by atoms with van der Waals surface area (Å²) in [5, 5.41) is 0.577. The molecular weight excluding hydrogens is 472 g/mol. The molecular formula is C25H22N2O5S2. The van der Waals surface area contributed by atoms with E-state index in [0.29, 0.717) is 22.2 Å². The molecule has 34 heavy (non-hydrogen) atoms. The molecule has 0 saturated carbocycles. The fourth-order valence-electron chi connectivity index (χ4n) is 3.38. The van der Waals surface area contributed by atoms with Crippen LogP contribution in [-0.2, 0) is 20.0 Å². The molecule has 1 aromatic heterocycles. The Labute approximate surface area is 199 Å². The normalized spacial score (nSPS) is 11.7. The van der Waals surface area contributed by atoms with Crippen molar-refractivity contribution in [3.05, 3.63) is 90.1 Å². The summed E-state index contributed by atoms with van der Waals surface area (Å²) in [7, 11) is -6.06. The minimum absolute atomic E-state index is 0.141. The molecule has 0 fully saturated rings. The summed E-state index contributed by atoms with van der Waals surface area (Å²) in [6, 6.07) is 19.6. The number of fused-ring (bicyclic) bond motifs is 1. The molecule has 3 aromatic carbocycles. The molecule has 1 N–H and O–H groups in total. The molecule has 0 aliphatic heterocycles. The summed E-state index contributed by atoms with van der Waals surface area (Å²) < 4.78 is 60.3. The Morgan fingerprint density at radius 1 is 0.912 bits per heavy atom. The molecule has 0 radical (unpaired) electrons. The highest BCUT2D eigenvalue weighted by Gasteiger charge is 2.21. The van der Waals surface area contributed by atoms with E-state index in [4.69, 9.17) is 4.74 Å². The third-order valence-electron chi connectivity index (χ3n) is 5.18. The second-order valence-corrected chi connectivity index (χ2v) is 11.1. The van der Waals surface area contributed by atoms with Crippen LogP contribution in [-0.4, -0.2) is 34.5 Å². The van der Waals surface area contributed by atoms with Gasteiger partial charge in [-0.2, -0.15) is 4.72 Å². The van der Waals surface area contributed by atoms with Crippen LogP contribution in [0.25, 0.3) is 10.9 Å². The molecule has 0 aliphatic carbocycles. The minimum Gasteiger partial charge on any atom is -0.497 e. The molecule has 7 nitrogen and oxygen atoms in total. The van der Waals surface area contributed by atoms with E-state index in [2.05, 4.69) is 16.6 Å². The first-order valence-electron chi connectivity index (χ1n) is 10.3. The number of methoxy groups -OCH3 is 1. The summed E-state index contributed by atoms with van der Waals surface area (Å²) in [5.74, 6) is 6.23. The monoisotopic (exact) mass is 494 g/mol. The maximum absolute atomic E-state index is 13.2. The molecule has 0 atom stereocenters. The number of benzene rings is 3. The Kier molecular flexibility index (Phi) is 6.48. The number of ether oxygens (including phenoxy) is 1. The molecule has 9 heteroatoms. The third-order valence-corrected chi connectivity index (χ3v) is 8.29. The lowest BCUT2D eigenvalue weighted by atomic mass is 10.1. The summed E-state index contributed by atoms with van der Waals surface area (Å²) in [6.45, 7) is 1.73. The SMILES string of the molecule is COc1ccc2c(c1)c(C#CCNS(=O)(=O)c1ccc(C)cc1)cn2S(=O)(=O)c1ccccc1. The van der Waals surface area contributed by atoms with Gasteiger partial charge in [-0.15, -0.1) is 0 Å². The Morgan fingerprint density at radius 2 is 1.62 bits per heavy atom. The van der Waals surface area contributed by atoms with Gasteiger partial charge in [0.15, 0.2) is 0 Å². The topological polar surface area (TPSA) is 94.5 Å². The van der Waals surface area contributed by atoms with Gasteiger partial charge in [-0.05, 0) is 49.4 Å². The van der Waals surface area contributed by atoms with Crippen molar-refractivity contribution in [1.29, 1.82) is 0 Å². The summed E-state index contributed by atoms with van der Waals surface area (Å²) >= 11 is 0.